The van der Waals surface area contributed by atoms with E-state index in [0.717, 1.165) is 26.3 Å². The second-order valence-electron chi connectivity index (χ2n) is 2.83. The number of hydrogen-bond acceptors (Lipinski definition) is 1. The minimum absolute atomic E-state index is 0.777. The molecule has 0 N–H and O–H groups in total. The Labute approximate surface area is 79.3 Å². The van der Waals surface area contributed by atoms with E-state index in [1.54, 1.807) is 0 Å². The topological polar surface area (TPSA) is 18.0 Å². The van der Waals surface area contributed by atoms with Gasteiger partial charge in [-0.15, -0.1) is 0 Å². The number of allylic oxidation sites excluding steroid dienone is 1. The summed E-state index contributed by atoms with van der Waals surface area (Å²) in [5, 5.41) is 0. The zero-order valence-corrected chi connectivity index (χ0v) is 8.15. The van der Waals surface area contributed by atoms with Gasteiger partial charge in [0.15, 0.2) is 0 Å². The van der Waals surface area contributed by atoms with E-state index in [1.807, 2.05) is 25.4 Å². The van der Waals surface area contributed by atoms with E-state index >= 15 is 0 Å². The smallest absolute Gasteiger partial charge is 0.244 e. The number of rotatable bonds is 6. The quantitative estimate of drug-likeness (QED) is 0.364. The molecule has 13 heavy (non-hydrogen) atoms. The van der Waals surface area contributed by atoms with E-state index < -0.39 is 0 Å². The van der Waals surface area contributed by atoms with Gasteiger partial charge in [0, 0.05) is 6.61 Å². The molecule has 3 heteroatoms. The molecular formula is C10H17N2O+. The van der Waals surface area contributed by atoms with Gasteiger partial charge in [-0.2, -0.15) is 0 Å². The largest absolute Gasteiger partial charge is 0.378 e. The zero-order valence-electron chi connectivity index (χ0n) is 8.15. The fraction of sp³-hybridized carbons (Fsp3) is 0.500. The first kappa shape index (κ1) is 9.99. The Morgan fingerprint density at radius 3 is 3.15 bits per heavy atom. The van der Waals surface area contributed by atoms with E-state index in [9.17, 15) is 0 Å². The molecule has 3 nitrogen and oxygen atoms in total. The molecule has 1 rings (SSSR count). The van der Waals surface area contributed by atoms with Gasteiger partial charge in [-0.25, -0.2) is 9.13 Å². The summed E-state index contributed by atoms with van der Waals surface area (Å²) in [5.41, 5.74) is 0. The highest BCUT2D eigenvalue weighted by Crippen LogP contribution is 1.84. The molecule has 0 aromatic carbocycles. The van der Waals surface area contributed by atoms with Gasteiger partial charge in [0.05, 0.1) is 6.61 Å². The molecular weight excluding hydrogens is 164 g/mol. The monoisotopic (exact) mass is 181 g/mol. The van der Waals surface area contributed by atoms with Gasteiger partial charge in [-0.3, -0.25) is 0 Å². The summed E-state index contributed by atoms with van der Waals surface area (Å²) < 4.78 is 9.45. The number of hydrogen-bond donors (Lipinski definition) is 0. The van der Waals surface area contributed by atoms with Crippen LogP contribution in [0.5, 0.6) is 0 Å². The van der Waals surface area contributed by atoms with Crippen molar-refractivity contribution in [2.24, 2.45) is 0 Å². The molecule has 1 heterocycles. The summed E-state index contributed by atoms with van der Waals surface area (Å²) in [4.78, 5) is 0. The van der Waals surface area contributed by atoms with Gasteiger partial charge < -0.3 is 4.74 Å². The van der Waals surface area contributed by atoms with E-state index in [-0.39, 0.29) is 0 Å². The minimum Gasteiger partial charge on any atom is -0.378 e. The molecule has 0 fully saturated rings. The molecule has 0 amide bonds. The minimum atomic E-state index is 0.777. The SMILES string of the molecule is C=CCn1cc[n+](CCOCC)c1. The Hall–Kier alpha value is -1.09. The molecule has 0 unspecified atom stereocenters. The predicted molar refractivity (Wildman–Crippen MR) is 51.3 cm³/mol. The third-order valence-electron chi connectivity index (χ3n) is 1.78. The summed E-state index contributed by atoms with van der Waals surface area (Å²) in [5.74, 6) is 0. The van der Waals surface area contributed by atoms with Crippen LogP contribution >= 0.6 is 0 Å². The highest BCUT2D eigenvalue weighted by molar-refractivity contribution is 4.73. The van der Waals surface area contributed by atoms with Crippen LogP contribution in [-0.2, 0) is 17.8 Å². The Balaban J connectivity index is 2.35. The maximum absolute atomic E-state index is 5.26. The lowest BCUT2D eigenvalue weighted by Gasteiger charge is -1.96. The maximum Gasteiger partial charge on any atom is 0.244 e. The average molecular weight is 181 g/mol. The van der Waals surface area contributed by atoms with Gasteiger partial charge >= 0.3 is 0 Å². The van der Waals surface area contributed by atoms with Crippen LogP contribution in [0.2, 0.25) is 0 Å². The number of nitrogens with zero attached hydrogens (tertiary/aromatic N) is 2. The van der Waals surface area contributed by atoms with Crippen molar-refractivity contribution in [2.75, 3.05) is 13.2 Å². The maximum atomic E-state index is 5.26. The standard InChI is InChI=1S/C10H17N2O/c1-3-5-11-6-7-12(10-11)8-9-13-4-2/h3,6-7,10H,1,4-5,8-9H2,2H3/q+1. The van der Waals surface area contributed by atoms with Crippen LogP contribution in [-0.4, -0.2) is 17.8 Å². The van der Waals surface area contributed by atoms with E-state index in [4.69, 9.17) is 4.74 Å². The van der Waals surface area contributed by atoms with Gasteiger partial charge in [0.1, 0.15) is 25.5 Å². The molecule has 0 saturated carbocycles. The Morgan fingerprint density at radius 1 is 1.62 bits per heavy atom. The van der Waals surface area contributed by atoms with Crippen molar-refractivity contribution in [3.05, 3.63) is 31.4 Å². The molecule has 0 bridgehead atoms. The van der Waals surface area contributed by atoms with Crippen LogP contribution in [0.4, 0.5) is 0 Å². The fourth-order valence-corrected chi connectivity index (χ4v) is 1.14. The first-order chi connectivity index (χ1) is 6.36. The molecule has 1 aromatic heterocycles. The molecule has 72 valence electrons. The lowest BCUT2D eigenvalue weighted by atomic mass is 10.6. The molecule has 0 atom stereocenters. The van der Waals surface area contributed by atoms with Crippen molar-refractivity contribution >= 4 is 0 Å². The molecule has 0 aliphatic carbocycles. The second kappa shape index (κ2) is 5.54. The van der Waals surface area contributed by atoms with Crippen LogP contribution < -0.4 is 4.57 Å². The Bertz CT molecular complexity index is 255. The first-order valence-corrected chi connectivity index (χ1v) is 4.60. The molecule has 0 spiro atoms. The normalized spacial score (nSPS) is 10.2. The van der Waals surface area contributed by atoms with Crippen molar-refractivity contribution in [1.29, 1.82) is 0 Å². The summed E-state index contributed by atoms with van der Waals surface area (Å²) in [6.45, 7) is 9.03. The van der Waals surface area contributed by atoms with Crippen molar-refractivity contribution < 1.29 is 9.30 Å². The van der Waals surface area contributed by atoms with Crippen LogP contribution in [0.1, 0.15) is 6.92 Å². The number of aromatic nitrogens is 2. The van der Waals surface area contributed by atoms with Crippen LogP contribution in [0.3, 0.4) is 0 Å². The second-order valence-corrected chi connectivity index (χ2v) is 2.83. The zero-order chi connectivity index (χ0) is 9.52. The molecule has 1 aromatic rings. The molecule has 0 aliphatic rings. The number of ether oxygens (including phenoxy) is 1. The summed E-state index contributed by atoms with van der Waals surface area (Å²) in [6, 6.07) is 0. The van der Waals surface area contributed by atoms with Crippen molar-refractivity contribution in [3.8, 4) is 0 Å². The van der Waals surface area contributed by atoms with Gasteiger partial charge in [0.25, 0.3) is 0 Å². The third kappa shape index (κ3) is 3.42. The fourth-order valence-electron chi connectivity index (χ4n) is 1.14. The van der Waals surface area contributed by atoms with Crippen molar-refractivity contribution in [1.82, 2.24) is 4.57 Å². The summed E-state index contributed by atoms with van der Waals surface area (Å²) >= 11 is 0. The van der Waals surface area contributed by atoms with Crippen LogP contribution in [0, 0.1) is 0 Å². The van der Waals surface area contributed by atoms with Gasteiger partial charge in [-0.1, -0.05) is 12.7 Å². The lowest BCUT2D eigenvalue weighted by Crippen LogP contribution is -2.33. The van der Waals surface area contributed by atoms with Crippen molar-refractivity contribution in [2.45, 2.75) is 20.0 Å². The molecule has 0 radical (unpaired) electrons. The van der Waals surface area contributed by atoms with Gasteiger partial charge in [0.2, 0.25) is 6.33 Å². The highest BCUT2D eigenvalue weighted by Gasteiger charge is 2.00. The lowest BCUT2D eigenvalue weighted by molar-refractivity contribution is -0.698. The van der Waals surface area contributed by atoms with Gasteiger partial charge in [-0.05, 0) is 6.92 Å². The average Bonchev–Trinajstić information content (AvgIpc) is 2.54. The third-order valence-corrected chi connectivity index (χ3v) is 1.78. The summed E-state index contributed by atoms with van der Waals surface area (Å²) in [6.07, 6.45) is 8.02. The Kier molecular flexibility index (Phi) is 4.26. The molecule has 0 aliphatic heterocycles. The van der Waals surface area contributed by atoms with E-state index in [2.05, 4.69) is 22.0 Å². The highest BCUT2D eigenvalue weighted by atomic mass is 16.5. The van der Waals surface area contributed by atoms with E-state index in [1.165, 1.54) is 0 Å². The number of imidazole rings is 1. The first-order valence-electron chi connectivity index (χ1n) is 4.60. The molecule has 0 saturated heterocycles. The van der Waals surface area contributed by atoms with Crippen LogP contribution in [0.15, 0.2) is 31.4 Å². The van der Waals surface area contributed by atoms with E-state index in [0.29, 0.717) is 0 Å². The summed E-state index contributed by atoms with van der Waals surface area (Å²) in [7, 11) is 0. The Morgan fingerprint density at radius 2 is 2.46 bits per heavy atom. The predicted octanol–water partition coefficient (Wildman–Crippen LogP) is 0.998. The van der Waals surface area contributed by atoms with Crippen LogP contribution in [0.25, 0.3) is 0 Å². The van der Waals surface area contributed by atoms with Crippen molar-refractivity contribution in [3.63, 3.8) is 0 Å².